The van der Waals surface area contributed by atoms with Gasteiger partial charge in [-0.25, -0.2) is 9.78 Å². The SMILES string of the molecule is CCn1c(=O)[nH]c(=O)c2[nH]c(Cc3ccccc3C)nc21. The van der Waals surface area contributed by atoms with Crippen LogP contribution in [-0.2, 0) is 13.0 Å². The standard InChI is InChI=1S/C15H16N4O2/c1-3-19-13-12(14(20)18-15(19)21)16-11(17-13)8-10-7-5-4-6-9(10)2/h4-7H,3,8H2,1-2H3,(H,16,17)(H,18,20,21). The van der Waals surface area contributed by atoms with Crippen molar-refractivity contribution in [2.75, 3.05) is 0 Å². The number of hydrogen-bond donors (Lipinski definition) is 2. The van der Waals surface area contributed by atoms with Gasteiger partial charge in [0, 0.05) is 13.0 Å². The fourth-order valence-electron chi connectivity index (χ4n) is 2.45. The average Bonchev–Trinajstić information content (AvgIpc) is 2.86. The Morgan fingerprint density at radius 1 is 1.19 bits per heavy atom. The highest BCUT2D eigenvalue weighted by Gasteiger charge is 2.12. The minimum atomic E-state index is -0.428. The van der Waals surface area contributed by atoms with Gasteiger partial charge in [-0.15, -0.1) is 0 Å². The largest absolute Gasteiger partial charge is 0.336 e. The summed E-state index contributed by atoms with van der Waals surface area (Å²) in [6, 6.07) is 8.02. The quantitative estimate of drug-likeness (QED) is 0.761. The number of benzene rings is 1. The van der Waals surface area contributed by atoms with Gasteiger partial charge in [-0.1, -0.05) is 24.3 Å². The molecule has 1 aromatic carbocycles. The first-order valence-electron chi connectivity index (χ1n) is 6.86. The number of aryl methyl sites for hydroxylation is 2. The van der Waals surface area contributed by atoms with Crippen molar-refractivity contribution in [3.63, 3.8) is 0 Å². The Morgan fingerprint density at radius 3 is 2.67 bits per heavy atom. The van der Waals surface area contributed by atoms with Crippen molar-refractivity contribution in [3.8, 4) is 0 Å². The van der Waals surface area contributed by atoms with Gasteiger partial charge in [0.1, 0.15) is 11.3 Å². The molecule has 2 aromatic heterocycles. The molecular weight excluding hydrogens is 268 g/mol. The van der Waals surface area contributed by atoms with Crippen molar-refractivity contribution >= 4 is 11.2 Å². The lowest BCUT2D eigenvalue weighted by molar-refractivity contribution is 0.719. The highest BCUT2D eigenvalue weighted by atomic mass is 16.2. The Balaban J connectivity index is 2.14. The number of imidazole rings is 1. The van der Waals surface area contributed by atoms with Gasteiger partial charge in [0.15, 0.2) is 5.65 Å². The Morgan fingerprint density at radius 2 is 1.95 bits per heavy atom. The first-order chi connectivity index (χ1) is 10.1. The minimum Gasteiger partial charge on any atom is -0.336 e. The Hall–Kier alpha value is -2.63. The lowest BCUT2D eigenvalue weighted by Gasteiger charge is -2.02. The van der Waals surface area contributed by atoms with E-state index < -0.39 is 11.2 Å². The van der Waals surface area contributed by atoms with Crippen molar-refractivity contribution in [3.05, 3.63) is 62.1 Å². The first-order valence-corrected chi connectivity index (χ1v) is 6.86. The maximum atomic E-state index is 11.9. The van der Waals surface area contributed by atoms with E-state index in [-0.39, 0.29) is 0 Å². The summed E-state index contributed by atoms with van der Waals surface area (Å²) >= 11 is 0. The molecule has 2 N–H and O–H groups in total. The number of H-pyrrole nitrogens is 2. The number of hydrogen-bond acceptors (Lipinski definition) is 3. The van der Waals surface area contributed by atoms with Crippen LogP contribution in [0.15, 0.2) is 33.9 Å². The second-order valence-electron chi connectivity index (χ2n) is 4.99. The van der Waals surface area contributed by atoms with Crippen LogP contribution >= 0.6 is 0 Å². The van der Waals surface area contributed by atoms with Crippen LogP contribution in [-0.4, -0.2) is 19.5 Å². The van der Waals surface area contributed by atoms with Crippen molar-refractivity contribution < 1.29 is 0 Å². The number of rotatable bonds is 3. The summed E-state index contributed by atoms with van der Waals surface area (Å²) in [6.07, 6.45) is 0.596. The molecule has 0 aliphatic carbocycles. The van der Waals surface area contributed by atoms with Crippen molar-refractivity contribution in [1.29, 1.82) is 0 Å². The zero-order valence-corrected chi connectivity index (χ0v) is 11.9. The zero-order chi connectivity index (χ0) is 15.0. The van der Waals surface area contributed by atoms with Gasteiger partial charge in [-0.2, -0.15) is 0 Å². The van der Waals surface area contributed by atoms with Crippen molar-refractivity contribution in [2.45, 2.75) is 26.8 Å². The molecule has 3 aromatic rings. The number of aromatic nitrogens is 4. The predicted octanol–water partition coefficient (Wildman–Crippen LogP) is 1.33. The summed E-state index contributed by atoms with van der Waals surface area (Å²) in [4.78, 5) is 33.4. The predicted molar refractivity (Wildman–Crippen MR) is 80.6 cm³/mol. The summed E-state index contributed by atoms with van der Waals surface area (Å²) in [6.45, 7) is 4.34. The molecule has 21 heavy (non-hydrogen) atoms. The third-order valence-electron chi connectivity index (χ3n) is 3.62. The van der Waals surface area contributed by atoms with Crippen LogP contribution in [0.1, 0.15) is 23.9 Å². The maximum Gasteiger partial charge on any atom is 0.330 e. The molecule has 0 atom stereocenters. The van der Waals surface area contributed by atoms with E-state index in [1.807, 2.05) is 38.1 Å². The Kier molecular flexibility index (Phi) is 3.21. The van der Waals surface area contributed by atoms with E-state index in [1.54, 1.807) is 0 Å². The van der Waals surface area contributed by atoms with Gasteiger partial charge in [0.05, 0.1) is 0 Å². The van der Waals surface area contributed by atoms with Gasteiger partial charge in [-0.3, -0.25) is 14.3 Å². The monoisotopic (exact) mass is 284 g/mol. The smallest absolute Gasteiger partial charge is 0.330 e. The highest BCUT2D eigenvalue weighted by molar-refractivity contribution is 5.69. The molecule has 6 nitrogen and oxygen atoms in total. The lowest BCUT2D eigenvalue weighted by atomic mass is 10.1. The van der Waals surface area contributed by atoms with Crippen LogP contribution in [0.5, 0.6) is 0 Å². The summed E-state index contributed by atoms with van der Waals surface area (Å²) in [5.74, 6) is 0.678. The van der Waals surface area contributed by atoms with E-state index in [0.717, 1.165) is 5.56 Å². The molecule has 0 saturated heterocycles. The van der Waals surface area contributed by atoms with Gasteiger partial charge in [0.25, 0.3) is 5.56 Å². The molecule has 0 radical (unpaired) electrons. The molecule has 0 amide bonds. The Bertz CT molecular complexity index is 917. The van der Waals surface area contributed by atoms with E-state index >= 15 is 0 Å². The summed E-state index contributed by atoms with van der Waals surface area (Å²) < 4.78 is 1.45. The average molecular weight is 284 g/mol. The normalized spacial score (nSPS) is 11.1. The molecule has 0 unspecified atom stereocenters. The molecule has 0 aliphatic heterocycles. The van der Waals surface area contributed by atoms with E-state index in [0.29, 0.717) is 30.0 Å². The van der Waals surface area contributed by atoms with Gasteiger partial charge < -0.3 is 4.98 Å². The topological polar surface area (TPSA) is 83.5 Å². The number of nitrogens with zero attached hydrogens (tertiary/aromatic N) is 2. The van der Waals surface area contributed by atoms with Crippen LogP contribution in [0.25, 0.3) is 11.2 Å². The van der Waals surface area contributed by atoms with E-state index in [4.69, 9.17) is 0 Å². The first kappa shape index (κ1) is 13.4. The summed E-state index contributed by atoms with van der Waals surface area (Å²) in [7, 11) is 0. The van der Waals surface area contributed by atoms with Gasteiger partial charge in [0.2, 0.25) is 0 Å². The van der Waals surface area contributed by atoms with Crippen LogP contribution in [0.2, 0.25) is 0 Å². The van der Waals surface area contributed by atoms with Crippen molar-refractivity contribution in [1.82, 2.24) is 19.5 Å². The van der Waals surface area contributed by atoms with E-state index in [2.05, 4.69) is 15.0 Å². The molecule has 0 aliphatic rings. The molecular formula is C15H16N4O2. The summed E-state index contributed by atoms with van der Waals surface area (Å²) in [5.41, 5.74) is 2.21. The fourth-order valence-corrected chi connectivity index (χ4v) is 2.45. The van der Waals surface area contributed by atoms with Gasteiger partial charge in [-0.05, 0) is 25.0 Å². The molecule has 108 valence electrons. The second kappa shape index (κ2) is 5.05. The van der Waals surface area contributed by atoms with Crippen LogP contribution in [0, 0.1) is 6.92 Å². The Labute approximate surface area is 120 Å². The second-order valence-corrected chi connectivity index (χ2v) is 4.99. The molecule has 3 rings (SSSR count). The highest BCUT2D eigenvalue weighted by Crippen LogP contribution is 2.13. The van der Waals surface area contributed by atoms with E-state index in [1.165, 1.54) is 10.1 Å². The van der Waals surface area contributed by atoms with Crippen LogP contribution in [0.4, 0.5) is 0 Å². The molecule has 0 fully saturated rings. The van der Waals surface area contributed by atoms with Gasteiger partial charge >= 0.3 is 5.69 Å². The zero-order valence-electron chi connectivity index (χ0n) is 11.9. The van der Waals surface area contributed by atoms with Crippen LogP contribution < -0.4 is 11.2 Å². The molecule has 0 bridgehead atoms. The number of aromatic amines is 2. The van der Waals surface area contributed by atoms with Crippen molar-refractivity contribution in [2.24, 2.45) is 0 Å². The molecule has 0 saturated carbocycles. The van der Waals surface area contributed by atoms with E-state index in [9.17, 15) is 9.59 Å². The molecule has 0 spiro atoms. The lowest BCUT2D eigenvalue weighted by Crippen LogP contribution is -2.29. The number of nitrogens with one attached hydrogen (secondary N) is 2. The van der Waals surface area contributed by atoms with Crippen LogP contribution in [0.3, 0.4) is 0 Å². The minimum absolute atomic E-state index is 0.347. The molecule has 6 heteroatoms. The third kappa shape index (κ3) is 2.29. The number of fused-ring (bicyclic) bond motifs is 1. The maximum absolute atomic E-state index is 11.9. The fraction of sp³-hybridized carbons (Fsp3) is 0.267. The third-order valence-corrected chi connectivity index (χ3v) is 3.62. The molecule has 2 heterocycles. The summed E-state index contributed by atoms with van der Waals surface area (Å²) in [5, 5.41) is 0.